The van der Waals surface area contributed by atoms with E-state index < -0.39 is 0 Å². The van der Waals surface area contributed by atoms with Crippen LogP contribution in [-0.4, -0.2) is 85.7 Å². The number of morpholine rings is 1. The van der Waals surface area contributed by atoms with Crippen molar-refractivity contribution in [1.29, 1.82) is 0 Å². The van der Waals surface area contributed by atoms with E-state index >= 15 is 0 Å². The summed E-state index contributed by atoms with van der Waals surface area (Å²) in [5.74, 6) is 1.01. The van der Waals surface area contributed by atoms with Gasteiger partial charge in [-0.3, -0.25) is 4.90 Å². The van der Waals surface area contributed by atoms with Crippen molar-refractivity contribution in [2.24, 2.45) is 22.7 Å². The van der Waals surface area contributed by atoms with Gasteiger partial charge >= 0.3 is 0 Å². The van der Waals surface area contributed by atoms with E-state index in [1.807, 2.05) is 0 Å². The molecule has 2 heterocycles. The number of hydrogen-bond donors (Lipinski definition) is 2. The maximum Gasteiger partial charge on any atom is 0.0594 e. The summed E-state index contributed by atoms with van der Waals surface area (Å²) in [7, 11) is 0. The summed E-state index contributed by atoms with van der Waals surface area (Å²) in [6.45, 7) is 13.1. The van der Waals surface area contributed by atoms with Crippen molar-refractivity contribution >= 4 is 0 Å². The Bertz CT molecular complexity index is 351. The third kappa shape index (κ3) is 2.99. The number of likely N-dealkylation sites (tertiary alicyclic amines) is 1. The molecule has 1 aliphatic carbocycles. The van der Waals surface area contributed by atoms with Crippen LogP contribution in [0.1, 0.15) is 13.8 Å². The molecule has 3 rings (SSSR count). The molecule has 3 fully saturated rings. The summed E-state index contributed by atoms with van der Waals surface area (Å²) >= 11 is 0. The van der Waals surface area contributed by atoms with Crippen molar-refractivity contribution in [2.75, 3.05) is 65.7 Å². The van der Waals surface area contributed by atoms with Crippen LogP contribution in [0.3, 0.4) is 0 Å². The quantitative estimate of drug-likeness (QED) is 0.716. The molecule has 3 aliphatic rings. The molecule has 2 aliphatic heterocycles. The minimum atomic E-state index is -0.162. The van der Waals surface area contributed by atoms with Crippen LogP contribution < -0.4 is 0 Å². The highest BCUT2D eigenvalue weighted by molar-refractivity contribution is 5.16. The lowest BCUT2D eigenvalue weighted by molar-refractivity contribution is 0.0135. The van der Waals surface area contributed by atoms with Crippen molar-refractivity contribution in [3.63, 3.8) is 0 Å². The molecule has 0 aromatic rings. The molecule has 0 radical (unpaired) electrons. The van der Waals surface area contributed by atoms with E-state index in [0.29, 0.717) is 11.8 Å². The zero-order chi connectivity index (χ0) is 15.1. The van der Waals surface area contributed by atoms with Gasteiger partial charge in [-0.1, -0.05) is 13.8 Å². The predicted molar refractivity (Wildman–Crippen MR) is 81.1 cm³/mol. The molecule has 2 unspecified atom stereocenters. The van der Waals surface area contributed by atoms with Crippen LogP contribution in [0.5, 0.6) is 0 Å². The maximum absolute atomic E-state index is 9.50. The monoisotopic (exact) mass is 298 g/mol. The van der Waals surface area contributed by atoms with Gasteiger partial charge in [-0.05, 0) is 17.3 Å². The molecule has 2 N–H and O–H groups in total. The van der Waals surface area contributed by atoms with Crippen molar-refractivity contribution in [2.45, 2.75) is 13.8 Å². The van der Waals surface area contributed by atoms with Crippen molar-refractivity contribution < 1.29 is 14.9 Å². The molecule has 0 aromatic heterocycles. The summed E-state index contributed by atoms with van der Waals surface area (Å²) in [6, 6.07) is 0. The fraction of sp³-hybridized carbons (Fsp3) is 1.00. The number of hydrogen-bond acceptors (Lipinski definition) is 5. The summed E-state index contributed by atoms with van der Waals surface area (Å²) in [5.41, 5.74) is 0.111. The smallest absolute Gasteiger partial charge is 0.0594 e. The number of rotatable bonds is 6. The van der Waals surface area contributed by atoms with Gasteiger partial charge in [0.05, 0.1) is 26.4 Å². The molecule has 2 atom stereocenters. The Morgan fingerprint density at radius 2 is 1.52 bits per heavy atom. The van der Waals surface area contributed by atoms with E-state index in [0.717, 1.165) is 52.5 Å². The molecule has 122 valence electrons. The van der Waals surface area contributed by atoms with Crippen molar-refractivity contribution in [1.82, 2.24) is 9.80 Å². The van der Waals surface area contributed by atoms with Gasteiger partial charge in [0, 0.05) is 44.7 Å². The van der Waals surface area contributed by atoms with Crippen LogP contribution in [0.15, 0.2) is 0 Å². The molecule has 5 heteroatoms. The average Bonchev–Trinajstić information content (AvgIpc) is 2.82. The van der Waals surface area contributed by atoms with E-state index in [1.54, 1.807) is 0 Å². The van der Waals surface area contributed by atoms with E-state index in [4.69, 9.17) is 4.74 Å². The third-order valence-corrected chi connectivity index (χ3v) is 5.76. The molecule has 0 amide bonds. The first kappa shape index (κ1) is 15.7. The highest BCUT2D eigenvalue weighted by Crippen LogP contribution is 2.62. The lowest BCUT2D eigenvalue weighted by Crippen LogP contribution is -2.46. The lowest BCUT2D eigenvalue weighted by atomic mass is 9.91. The van der Waals surface area contributed by atoms with Gasteiger partial charge < -0.3 is 19.8 Å². The Morgan fingerprint density at radius 1 is 1.00 bits per heavy atom. The normalized spacial score (nSPS) is 33.1. The number of piperidine rings is 1. The minimum absolute atomic E-state index is 0.143. The fourth-order valence-corrected chi connectivity index (χ4v) is 4.59. The summed E-state index contributed by atoms with van der Waals surface area (Å²) in [5, 5.41) is 19.0. The lowest BCUT2D eigenvalue weighted by Gasteiger charge is -2.38. The van der Waals surface area contributed by atoms with E-state index in [2.05, 4.69) is 23.6 Å². The first-order chi connectivity index (χ1) is 10.0. The van der Waals surface area contributed by atoms with Crippen LogP contribution in [0.2, 0.25) is 0 Å². The number of nitrogens with zero attached hydrogens (tertiary/aromatic N) is 2. The minimum Gasteiger partial charge on any atom is -0.396 e. The topological polar surface area (TPSA) is 56.2 Å². The molecular formula is C16H30N2O3. The van der Waals surface area contributed by atoms with Crippen molar-refractivity contribution in [3.8, 4) is 0 Å². The van der Waals surface area contributed by atoms with E-state index in [1.165, 1.54) is 0 Å². The molecule has 5 nitrogen and oxygen atoms in total. The zero-order valence-corrected chi connectivity index (χ0v) is 13.4. The fourth-order valence-electron chi connectivity index (χ4n) is 4.59. The van der Waals surface area contributed by atoms with Crippen LogP contribution in [0, 0.1) is 22.7 Å². The molecule has 1 saturated carbocycles. The second kappa shape index (κ2) is 5.78. The third-order valence-electron chi connectivity index (χ3n) is 5.76. The van der Waals surface area contributed by atoms with Crippen molar-refractivity contribution in [3.05, 3.63) is 0 Å². The molecule has 0 aromatic carbocycles. The Morgan fingerprint density at radius 3 is 2.05 bits per heavy atom. The molecule has 2 saturated heterocycles. The second-order valence-electron chi connectivity index (χ2n) is 8.01. The first-order valence-electron chi connectivity index (χ1n) is 8.25. The predicted octanol–water partition coefficient (Wildman–Crippen LogP) is -0.123. The Balaban J connectivity index is 1.47. The van der Waals surface area contributed by atoms with Crippen LogP contribution in [-0.2, 0) is 4.74 Å². The standard InChI is InChI=1S/C16H30N2O3/c1-15(2,9-17-3-5-21-6-4-17)10-18-7-13-14(8-18)16(13,11-19)12-20/h13-14,19-20H,3-12H2,1-2H3. The van der Waals surface area contributed by atoms with Gasteiger partial charge in [-0.25, -0.2) is 0 Å². The van der Waals surface area contributed by atoms with Gasteiger partial charge in [0.25, 0.3) is 0 Å². The summed E-state index contributed by atoms with van der Waals surface area (Å²) in [4.78, 5) is 5.03. The Hall–Kier alpha value is -0.200. The number of aliphatic hydroxyl groups is 2. The number of ether oxygens (including phenoxy) is 1. The van der Waals surface area contributed by atoms with Gasteiger partial charge in [-0.2, -0.15) is 0 Å². The molecule has 0 spiro atoms. The molecule has 21 heavy (non-hydrogen) atoms. The number of aliphatic hydroxyl groups excluding tert-OH is 2. The first-order valence-corrected chi connectivity index (χ1v) is 8.25. The highest BCUT2D eigenvalue weighted by Gasteiger charge is 2.67. The average molecular weight is 298 g/mol. The van der Waals surface area contributed by atoms with Crippen LogP contribution >= 0.6 is 0 Å². The SMILES string of the molecule is CC(C)(CN1CCOCC1)CN1CC2C(C1)C2(CO)CO. The Labute approximate surface area is 127 Å². The Kier molecular flexibility index (Phi) is 4.32. The van der Waals surface area contributed by atoms with Gasteiger partial charge in [0.2, 0.25) is 0 Å². The zero-order valence-electron chi connectivity index (χ0n) is 13.4. The van der Waals surface area contributed by atoms with Crippen LogP contribution in [0.25, 0.3) is 0 Å². The maximum atomic E-state index is 9.50. The van der Waals surface area contributed by atoms with Gasteiger partial charge in [-0.15, -0.1) is 0 Å². The number of fused-ring (bicyclic) bond motifs is 1. The van der Waals surface area contributed by atoms with Gasteiger partial charge in [0.15, 0.2) is 0 Å². The van der Waals surface area contributed by atoms with E-state index in [-0.39, 0.29) is 24.0 Å². The van der Waals surface area contributed by atoms with Crippen LogP contribution in [0.4, 0.5) is 0 Å². The molecule has 0 bridgehead atoms. The van der Waals surface area contributed by atoms with E-state index in [9.17, 15) is 10.2 Å². The summed E-state index contributed by atoms with van der Waals surface area (Å²) in [6.07, 6.45) is 0. The summed E-state index contributed by atoms with van der Waals surface area (Å²) < 4.78 is 5.42. The second-order valence-corrected chi connectivity index (χ2v) is 8.01. The molecular weight excluding hydrogens is 268 g/mol. The largest absolute Gasteiger partial charge is 0.396 e. The highest BCUT2D eigenvalue weighted by atomic mass is 16.5. The van der Waals surface area contributed by atoms with Gasteiger partial charge in [0.1, 0.15) is 0 Å².